The van der Waals surface area contributed by atoms with Gasteiger partial charge in [-0.2, -0.15) is 0 Å². The van der Waals surface area contributed by atoms with Crippen LogP contribution in [0.25, 0.3) is 10.9 Å². The van der Waals surface area contributed by atoms with E-state index < -0.39 is 0 Å². The van der Waals surface area contributed by atoms with E-state index in [1.807, 2.05) is 0 Å². The van der Waals surface area contributed by atoms with Crippen LogP contribution in [0.15, 0.2) is 36.4 Å². The van der Waals surface area contributed by atoms with Gasteiger partial charge in [0.1, 0.15) is 0 Å². The molecule has 1 saturated heterocycles. The molecular weight excluding hydrogens is 272 g/mol. The van der Waals surface area contributed by atoms with Gasteiger partial charge in [0.2, 0.25) is 0 Å². The molecule has 3 heteroatoms. The highest BCUT2D eigenvalue weighted by molar-refractivity contribution is 5.85. The molecule has 116 valence electrons. The van der Waals surface area contributed by atoms with Crippen LogP contribution in [0.1, 0.15) is 36.6 Å². The quantitative estimate of drug-likeness (QED) is 0.868. The molecule has 0 saturated carbocycles. The van der Waals surface area contributed by atoms with Crippen molar-refractivity contribution in [2.24, 2.45) is 0 Å². The number of rotatable bonds is 3. The molecule has 2 aromatic rings. The predicted molar refractivity (Wildman–Crippen MR) is 90.1 cm³/mol. The second-order valence-corrected chi connectivity index (χ2v) is 6.52. The molecule has 2 aliphatic heterocycles. The second kappa shape index (κ2) is 5.90. The van der Waals surface area contributed by atoms with Gasteiger partial charge in [-0.05, 0) is 37.8 Å². The van der Waals surface area contributed by atoms with Gasteiger partial charge in [0.25, 0.3) is 0 Å². The summed E-state index contributed by atoms with van der Waals surface area (Å²) in [5.41, 5.74) is 4.03. The molecular formula is C19H24N2O. The minimum absolute atomic E-state index is 0.416. The van der Waals surface area contributed by atoms with E-state index in [9.17, 15) is 0 Å². The third-order valence-corrected chi connectivity index (χ3v) is 5.05. The fourth-order valence-corrected chi connectivity index (χ4v) is 3.99. The molecule has 0 radical (unpaired) electrons. The topological polar surface area (TPSA) is 28.3 Å². The minimum Gasteiger partial charge on any atom is -0.377 e. The van der Waals surface area contributed by atoms with Crippen molar-refractivity contribution >= 4 is 10.9 Å². The van der Waals surface area contributed by atoms with Gasteiger partial charge < -0.3 is 9.72 Å². The molecule has 1 aromatic carbocycles. The molecule has 2 unspecified atom stereocenters. The maximum absolute atomic E-state index is 5.87. The minimum atomic E-state index is 0.416. The van der Waals surface area contributed by atoms with Crippen molar-refractivity contribution in [1.82, 2.24) is 9.88 Å². The van der Waals surface area contributed by atoms with E-state index in [0.717, 1.165) is 26.1 Å². The van der Waals surface area contributed by atoms with Crippen molar-refractivity contribution < 1.29 is 4.74 Å². The first kappa shape index (κ1) is 14.0. The Balaban J connectivity index is 1.68. The van der Waals surface area contributed by atoms with E-state index in [0.29, 0.717) is 12.1 Å². The van der Waals surface area contributed by atoms with Crippen LogP contribution in [0, 0.1) is 6.92 Å². The molecule has 0 spiro atoms. The molecule has 2 atom stereocenters. The predicted octanol–water partition coefficient (Wildman–Crippen LogP) is 3.96. The summed E-state index contributed by atoms with van der Waals surface area (Å²) in [6.45, 7) is 5.22. The monoisotopic (exact) mass is 296 g/mol. The average Bonchev–Trinajstić information content (AvgIpc) is 3.15. The molecule has 2 aliphatic rings. The molecule has 1 N–H and O–H groups in total. The van der Waals surface area contributed by atoms with Gasteiger partial charge in [-0.1, -0.05) is 30.4 Å². The molecule has 0 amide bonds. The number of hydrogen-bond acceptors (Lipinski definition) is 2. The third kappa shape index (κ3) is 2.49. The number of nitrogens with one attached hydrogen (secondary N) is 1. The van der Waals surface area contributed by atoms with E-state index in [2.05, 4.69) is 53.2 Å². The van der Waals surface area contributed by atoms with Crippen LogP contribution in [-0.4, -0.2) is 35.7 Å². The first-order chi connectivity index (χ1) is 10.8. The number of fused-ring (bicyclic) bond motifs is 1. The standard InChI is InChI=1S/C19H24N2O/c1-14-19(16-8-2-3-9-17(16)20-14)18-10-4-5-11-21(18)13-15-7-6-12-22-15/h2-5,8-9,15,18,20H,6-7,10-13H2,1H3. The number of H-pyrrole nitrogens is 1. The lowest BCUT2D eigenvalue weighted by molar-refractivity contribution is 0.0600. The van der Waals surface area contributed by atoms with Crippen LogP contribution in [0.3, 0.4) is 0 Å². The van der Waals surface area contributed by atoms with Crippen molar-refractivity contribution in [3.63, 3.8) is 0 Å². The van der Waals surface area contributed by atoms with Gasteiger partial charge in [-0.3, -0.25) is 4.90 Å². The van der Waals surface area contributed by atoms with Crippen LogP contribution < -0.4 is 0 Å². The number of benzene rings is 1. The van der Waals surface area contributed by atoms with E-state index in [4.69, 9.17) is 4.74 Å². The maximum Gasteiger partial charge on any atom is 0.0703 e. The number of ether oxygens (including phenoxy) is 1. The summed E-state index contributed by atoms with van der Waals surface area (Å²) in [4.78, 5) is 6.15. The average molecular weight is 296 g/mol. The SMILES string of the molecule is Cc1[nH]c2ccccc2c1C1CC=CCN1CC1CCCO1. The van der Waals surface area contributed by atoms with Crippen molar-refractivity contribution in [3.05, 3.63) is 47.7 Å². The van der Waals surface area contributed by atoms with Gasteiger partial charge in [0.05, 0.1) is 6.10 Å². The fourth-order valence-electron chi connectivity index (χ4n) is 3.99. The first-order valence-corrected chi connectivity index (χ1v) is 8.41. The molecule has 0 bridgehead atoms. The van der Waals surface area contributed by atoms with Gasteiger partial charge >= 0.3 is 0 Å². The Morgan fingerprint density at radius 2 is 2.18 bits per heavy atom. The van der Waals surface area contributed by atoms with Gasteiger partial charge in [-0.15, -0.1) is 0 Å². The first-order valence-electron chi connectivity index (χ1n) is 8.41. The molecule has 3 nitrogen and oxygen atoms in total. The Hall–Kier alpha value is -1.58. The number of para-hydroxylation sites is 1. The Bertz CT molecular complexity index is 682. The Kier molecular flexibility index (Phi) is 3.77. The summed E-state index contributed by atoms with van der Waals surface area (Å²) < 4.78 is 5.87. The van der Waals surface area contributed by atoms with E-state index in [-0.39, 0.29) is 0 Å². The Morgan fingerprint density at radius 3 is 3.05 bits per heavy atom. The van der Waals surface area contributed by atoms with Crippen molar-refractivity contribution in [2.45, 2.75) is 38.3 Å². The summed E-state index contributed by atoms with van der Waals surface area (Å²) in [7, 11) is 0. The molecule has 4 rings (SSSR count). The lowest BCUT2D eigenvalue weighted by atomic mass is 9.95. The van der Waals surface area contributed by atoms with E-state index in [1.165, 1.54) is 35.0 Å². The maximum atomic E-state index is 5.87. The second-order valence-electron chi connectivity index (χ2n) is 6.52. The number of aryl methyl sites for hydroxylation is 1. The number of aromatic amines is 1. The largest absolute Gasteiger partial charge is 0.377 e. The third-order valence-electron chi connectivity index (χ3n) is 5.05. The summed E-state index contributed by atoms with van der Waals surface area (Å²) in [5.74, 6) is 0. The van der Waals surface area contributed by atoms with Crippen molar-refractivity contribution in [2.75, 3.05) is 19.7 Å². The molecule has 0 aliphatic carbocycles. The summed E-state index contributed by atoms with van der Waals surface area (Å²) in [6, 6.07) is 9.13. The zero-order valence-electron chi connectivity index (χ0n) is 13.2. The van der Waals surface area contributed by atoms with Gasteiger partial charge in [0, 0.05) is 42.3 Å². The molecule has 22 heavy (non-hydrogen) atoms. The fraction of sp³-hybridized carbons (Fsp3) is 0.474. The van der Waals surface area contributed by atoms with Crippen LogP contribution >= 0.6 is 0 Å². The zero-order valence-corrected chi connectivity index (χ0v) is 13.2. The Morgan fingerprint density at radius 1 is 1.27 bits per heavy atom. The van der Waals surface area contributed by atoms with Crippen molar-refractivity contribution in [3.8, 4) is 0 Å². The highest BCUT2D eigenvalue weighted by atomic mass is 16.5. The molecule has 1 fully saturated rings. The number of aromatic nitrogens is 1. The van der Waals surface area contributed by atoms with Crippen LogP contribution in [0.4, 0.5) is 0 Å². The summed E-state index contributed by atoms with van der Waals surface area (Å²) in [5, 5.41) is 1.37. The number of nitrogens with zero attached hydrogens (tertiary/aromatic N) is 1. The molecule has 3 heterocycles. The number of hydrogen-bond donors (Lipinski definition) is 1. The smallest absolute Gasteiger partial charge is 0.0703 e. The molecule has 1 aromatic heterocycles. The highest BCUT2D eigenvalue weighted by Gasteiger charge is 2.28. The summed E-state index contributed by atoms with van der Waals surface area (Å²) in [6.07, 6.45) is 8.56. The van der Waals surface area contributed by atoms with E-state index in [1.54, 1.807) is 0 Å². The van der Waals surface area contributed by atoms with Gasteiger partial charge in [0.15, 0.2) is 0 Å². The van der Waals surface area contributed by atoms with E-state index >= 15 is 0 Å². The Labute approximate surface area is 132 Å². The highest BCUT2D eigenvalue weighted by Crippen LogP contribution is 2.36. The lowest BCUT2D eigenvalue weighted by Gasteiger charge is -2.35. The zero-order chi connectivity index (χ0) is 14.9. The van der Waals surface area contributed by atoms with Crippen LogP contribution in [-0.2, 0) is 4.74 Å². The van der Waals surface area contributed by atoms with Crippen LogP contribution in [0.5, 0.6) is 0 Å². The normalized spacial score (nSPS) is 26.0. The summed E-state index contributed by atoms with van der Waals surface area (Å²) >= 11 is 0. The lowest BCUT2D eigenvalue weighted by Crippen LogP contribution is -2.37. The van der Waals surface area contributed by atoms with Crippen LogP contribution in [0.2, 0.25) is 0 Å². The van der Waals surface area contributed by atoms with Crippen molar-refractivity contribution in [1.29, 1.82) is 0 Å². The van der Waals surface area contributed by atoms with Gasteiger partial charge in [-0.25, -0.2) is 0 Å².